The molecule has 4 aromatic rings. The van der Waals surface area contributed by atoms with E-state index in [0.29, 0.717) is 5.92 Å². The Bertz CT molecular complexity index is 1050. The highest BCUT2D eigenvalue weighted by Gasteiger charge is 2.15. The van der Waals surface area contributed by atoms with Crippen LogP contribution in [0.4, 0.5) is 0 Å². The fourth-order valence-corrected chi connectivity index (χ4v) is 2.95. The summed E-state index contributed by atoms with van der Waals surface area (Å²) in [6.45, 7) is 6.42. The van der Waals surface area contributed by atoms with Gasteiger partial charge >= 0.3 is 0 Å². The third-order valence-electron chi connectivity index (χ3n) is 4.18. The lowest BCUT2D eigenvalue weighted by Gasteiger charge is -2.08. The van der Waals surface area contributed by atoms with Crippen molar-refractivity contribution in [1.82, 2.24) is 34.5 Å². The van der Waals surface area contributed by atoms with E-state index in [0.717, 1.165) is 35.1 Å². The molecule has 0 unspecified atom stereocenters. The van der Waals surface area contributed by atoms with Crippen molar-refractivity contribution in [2.45, 2.75) is 27.2 Å². The zero-order valence-corrected chi connectivity index (χ0v) is 15.6. The average Bonchev–Trinajstić information content (AvgIpc) is 3.31. The number of nitrogens with zero attached hydrogens (tertiary/aromatic N) is 7. The Balaban J connectivity index is 1.84. The van der Waals surface area contributed by atoms with Gasteiger partial charge in [-0.25, -0.2) is 14.6 Å². The summed E-state index contributed by atoms with van der Waals surface area (Å²) < 4.78 is 3.68. The lowest BCUT2D eigenvalue weighted by Crippen LogP contribution is -2.02. The van der Waals surface area contributed by atoms with Crippen molar-refractivity contribution in [1.29, 1.82) is 0 Å². The first-order chi connectivity index (χ1) is 13.1. The monoisotopic (exact) mass is 359 g/mol. The van der Waals surface area contributed by atoms with E-state index in [-0.39, 0.29) is 0 Å². The minimum atomic E-state index is 0.483. The number of benzene rings is 1. The molecule has 0 N–H and O–H groups in total. The van der Waals surface area contributed by atoms with Crippen LogP contribution in [-0.4, -0.2) is 34.5 Å². The lowest BCUT2D eigenvalue weighted by molar-refractivity contribution is 0.618. The van der Waals surface area contributed by atoms with E-state index in [1.54, 1.807) is 23.4 Å². The molecule has 4 rings (SSSR count). The molecular formula is C20H21N7. The third kappa shape index (κ3) is 3.62. The second-order valence-corrected chi connectivity index (χ2v) is 6.97. The van der Waals surface area contributed by atoms with Crippen molar-refractivity contribution in [2.75, 3.05) is 0 Å². The van der Waals surface area contributed by atoms with Crippen molar-refractivity contribution in [3.63, 3.8) is 0 Å². The van der Waals surface area contributed by atoms with Gasteiger partial charge in [0.25, 0.3) is 0 Å². The summed E-state index contributed by atoms with van der Waals surface area (Å²) in [5, 5.41) is 12.5. The molecule has 0 aliphatic heterocycles. The molecule has 7 heteroatoms. The highest BCUT2D eigenvalue weighted by molar-refractivity contribution is 5.60. The summed E-state index contributed by atoms with van der Waals surface area (Å²) >= 11 is 0. The summed E-state index contributed by atoms with van der Waals surface area (Å²) in [6, 6.07) is 12.2. The molecule has 3 aromatic heterocycles. The topological polar surface area (TPSA) is 74.3 Å². The van der Waals surface area contributed by atoms with E-state index >= 15 is 0 Å². The van der Waals surface area contributed by atoms with Crippen LogP contribution >= 0.6 is 0 Å². The predicted molar refractivity (Wildman–Crippen MR) is 103 cm³/mol. The summed E-state index contributed by atoms with van der Waals surface area (Å²) in [5.41, 5.74) is 3.12. The second kappa shape index (κ2) is 7.11. The third-order valence-corrected chi connectivity index (χ3v) is 4.18. The summed E-state index contributed by atoms with van der Waals surface area (Å²) in [6.07, 6.45) is 5.85. The van der Waals surface area contributed by atoms with E-state index in [9.17, 15) is 0 Å². The largest absolute Gasteiger partial charge is 0.272 e. The van der Waals surface area contributed by atoms with Crippen LogP contribution in [-0.2, 0) is 6.42 Å². The average molecular weight is 359 g/mol. The van der Waals surface area contributed by atoms with Gasteiger partial charge in [-0.3, -0.25) is 4.57 Å². The van der Waals surface area contributed by atoms with Gasteiger partial charge < -0.3 is 0 Å². The zero-order chi connectivity index (χ0) is 18.8. The minimum Gasteiger partial charge on any atom is -0.272 e. The van der Waals surface area contributed by atoms with E-state index < -0.39 is 0 Å². The number of aromatic nitrogens is 7. The maximum Gasteiger partial charge on any atom is 0.163 e. The summed E-state index contributed by atoms with van der Waals surface area (Å²) in [4.78, 5) is 9.24. The van der Waals surface area contributed by atoms with Crippen LogP contribution in [0.5, 0.6) is 0 Å². The maximum atomic E-state index is 4.83. The maximum absolute atomic E-state index is 4.83. The first kappa shape index (κ1) is 17.1. The van der Waals surface area contributed by atoms with Gasteiger partial charge in [0.1, 0.15) is 18.5 Å². The summed E-state index contributed by atoms with van der Waals surface area (Å²) in [7, 11) is 0. The molecule has 3 heterocycles. The van der Waals surface area contributed by atoms with Crippen molar-refractivity contribution >= 4 is 0 Å². The lowest BCUT2D eigenvalue weighted by atomic mass is 10.1. The standard InChI is InChI=1S/C20H21N7/c1-14(2)9-18-24-20(27(25-18)17-6-4-5-15(3)10-17)16-7-8-21-19(11-16)26-12-22-23-13-26/h4-8,10-14H,9H2,1-3H3. The predicted octanol–water partition coefficient (Wildman–Crippen LogP) is 3.42. The molecular weight excluding hydrogens is 338 g/mol. The zero-order valence-electron chi connectivity index (χ0n) is 15.6. The molecule has 0 radical (unpaired) electrons. The van der Waals surface area contributed by atoms with Crippen molar-refractivity contribution < 1.29 is 0 Å². The Hall–Kier alpha value is -3.35. The molecule has 0 saturated heterocycles. The number of pyridine rings is 1. The highest BCUT2D eigenvalue weighted by Crippen LogP contribution is 2.23. The molecule has 0 bridgehead atoms. The van der Waals surface area contributed by atoms with Crippen LogP contribution in [0, 0.1) is 12.8 Å². The fraction of sp³-hybridized carbons (Fsp3) is 0.250. The van der Waals surface area contributed by atoms with Crippen LogP contribution in [0.25, 0.3) is 22.9 Å². The quantitative estimate of drug-likeness (QED) is 0.546. The molecule has 0 atom stereocenters. The Kier molecular flexibility index (Phi) is 4.50. The number of hydrogen-bond acceptors (Lipinski definition) is 5. The van der Waals surface area contributed by atoms with Gasteiger partial charge in [-0.15, -0.1) is 10.2 Å². The van der Waals surface area contributed by atoms with Crippen molar-refractivity contribution in [2.24, 2.45) is 5.92 Å². The minimum absolute atomic E-state index is 0.483. The molecule has 0 aliphatic carbocycles. The van der Waals surface area contributed by atoms with Crippen molar-refractivity contribution in [3.05, 3.63) is 66.6 Å². The molecule has 0 fully saturated rings. The molecule has 0 amide bonds. The Labute approximate surface area is 157 Å². The van der Waals surface area contributed by atoms with E-state index in [1.165, 1.54) is 5.56 Å². The molecule has 0 saturated carbocycles. The Morgan fingerprint density at radius 3 is 2.59 bits per heavy atom. The van der Waals surface area contributed by atoms with E-state index in [4.69, 9.17) is 10.1 Å². The van der Waals surface area contributed by atoms with Crippen molar-refractivity contribution in [3.8, 4) is 22.9 Å². The molecule has 7 nitrogen and oxygen atoms in total. The van der Waals surface area contributed by atoms with Crippen LogP contribution in [0.15, 0.2) is 55.2 Å². The Morgan fingerprint density at radius 2 is 1.85 bits per heavy atom. The van der Waals surface area contributed by atoms with Gasteiger partial charge in [-0.1, -0.05) is 26.0 Å². The van der Waals surface area contributed by atoms with E-state index in [2.05, 4.69) is 48.1 Å². The van der Waals surface area contributed by atoms with Gasteiger partial charge in [0.05, 0.1) is 5.69 Å². The molecule has 0 aliphatic rings. The molecule has 0 spiro atoms. The second-order valence-electron chi connectivity index (χ2n) is 6.97. The van der Waals surface area contributed by atoms with Gasteiger partial charge in [0.15, 0.2) is 11.6 Å². The van der Waals surface area contributed by atoms with Crippen LogP contribution in [0.1, 0.15) is 25.2 Å². The van der Waals surface area contributed by atoms with Gasteiger partial charge in [-0.2, -0.15) is 5.10 Å². The highest BCUT2D eigenvalue weighted by atomic mass is 15.4. The molecule has 27 heavy (non-hydrogen) atoms. The number of rotatable bonds is 5. The fourth-order valence-electron chi connectivity index (χ4n) is 2.95. The van der Waals surface area contributed by atoms with Gasteiger partial charge in [0.2, 0.25) is 0 Å². The smallest absolute Gasteiger partial charge is 0.163 e. The summed E-state index contributed by atoms with van der Waals surface area (Å²) in [5.74, 6) is 2.86. The van der Waals surface area contributed by atoms with Crippen LogP contribution < -0.4 is 0 Å². The van der Waals surface area contributed by atoms with E-state index in [1.807, 2.05) is 28.9 Å². The molecule has 1 aromatic carbocycles. The van der Waals surface area contributed by atoms with Crippen LogP contribution in [0.3, 0.4) is 0 Å². The first-order valence-corrected chi connectivity index (χ1v) is 8.94. The SMILES string of the molecule is Cc1cccc(-n2nc(CC(C)C)nc2-c2ccnc(-n3cnnc3)c2)c1. The molecule has 136 valence electrons. The first-order valence-electron chi connectivity index (χ1n) is 8.94. The number of hydrogen-bond donors (Lipinski definition) is 0. The Morgan fingerprint density at radius 1 is 1.04 bits per heavy atom. The van der Waals surface area contributed by atoms with Gasteiger partial charge in [0, 0.05) is 18.2 Å². The van der Waals surface area contributed by atoms with Gasteiger partial charge in [-0.05, 0) is 42.7 Å². The van der Waals surface area contributed by atoms with Crippen LogP contribution in [0.2, 0.25) is 0 Å². The number of aryl methyl sites for hydroxylation is 1. The normalized spacial score (nSPS) is 11.3.